The van der Waals surface area contributed by atoms with Gasteiger partial charge in [-0.05, 0) is 5.92 Å². The van der Waals surface area contributed by atoms with Gasteiger partial charge in [0.25, 0.3) is 5.56 Å². The van der Waals surface area contributed by atoms with Crippen molar-refractivity contribution < 1.29 is 9.59 Å². The number of rotatable bonds is 3. The maximum Gasteiger partial charge on any atom is 0.266 e. The highest BCUT2D eigenvalue weighted by atomic mass is 32.2. The molecule has 0 saturated carbocycles. The number of aromatic amines is 2. The number of amides is 1. The first-order chi connectivity index (χ1) is 8.06. The lowest BCUT2D eigenvalue weighted by molar-refractivity contribution is -0.117. The van der Waals surface area contributed by atoms with Gasteiger partial charge in [-0.1, -0.05) is 11.8 Å². The van der Waals surface area contributed by atoms with Gasteiger partial charge in [0.15, 0.2) is 5.12 Å². The molecule has 1 aliphatic heterocycles. The van der Waals surface area contributed by atoms with Crippen molar-refractivity contribution in [2.24, 2.45) is 5.92 Å². The minimum atomic E-state index is -0.255. The van der Waals surface area contributed by atoms with Crippen LogP contribution in [0.3, 0.4) is 0 Å². The Morgan fingerprint density at radius 1 is 1.53 bits per heavy atom. The SMILES string of the molecule is CC(=O)SCC1CC(=O)N(c2cc(=O)[nH][nH]2)C1. The van der Waals surface area contributed by atoms with Crippen LogP contribution >= 0.6 is 11.8 Å². The van der Waals surface area contributed by atoms with Gasteiger partial charge in [-0.2, -0.15) is 0 Å². The van der Waals surface area contributed by atoms with Crippen LogP contribution in [0, 0.1) is 5.92 Å². The van der Waals surface area contributed by atoms with Crippen molar-refractivity contribution in [2.75, 3.05) is 17.2 Å². The molecule has 6 nitrogen and oxygen atoms in total. The Hall–Kier alpha value is -1.50. The summed E-state index contributed by atoms with van der Waals surface area (Å²) in [6.45, 7) is 2.07. The highest BCUT2D eigenvalue weighted by Crippen LogP contribution is 2.25. The van der Waals surface area contributed by atoms with Crippen LogP contribution in [0.1, 0.15) is 13.3 Å². The predicted molar refractivity (Wildman–Crippen MR) is 65.0 cm³/mol. The Labute approximate surface area is 102 Å². The molecule has 0 aromatic carbocycles. The second-order valence-corrected chi connectivity index (χ2v) is 5.22. The number of thioether (sulfide) groups is 1. The molecule has 1 fully saturated rings. The normalized spacial score (nSPS) is 19.9. The van der Waals surface area contributed by atoms with Crippen LogP contribution in [-0.4, -0.2) is 33.5 Å². The number of hydrogen-bond acceptors (Lipinski definition) is 4. The van der Waals surface area contributed by atoms with Crippen LogP contribution in [0.25, 0.3) is 0 Å². The minimum absolute atomic E-state index is 0.0191. The van der Waals surface area contributed by atoms with Crippen LogP contribution in [0.15, 0.2) is 10.9 Å². The maximum atomic E-state index is 11.7. The molecule has 2 rings (SSSR count). The molecule has 1 saturated heterocycles. The first kappa shape index (κ1) is 12.0. The number of aromatic nitrogens is 2. The first-order valence-electron chi connectivity index (χ1n) is 5.27. The molecule has 2 N–H and O–H groups in total. The smallest absolute Gasteiger partial charge is 0.266 e. The zero-order valence-corrected chi connectivity index (χ0v) is 10.2. The van der Waals surface area contributed by atoms with E-state index in [-0.39, 0.29) is 22.5 Å². The third-order valence-corrected chi connectivity index (χ3v) is 3.64. The Balaban J connectivity index is 2.00. The average molecular weight is 255 g/mol. The highest BCUT2D eigenvalue weighted by Gasteiger charge is 2.31. The standard InChI is InChI=1S/C10H13N3O3S/c1-6(14)17-5-7-2-10(16)13(4-7)8-3-9(15)12-11-8/h3,7H,2,4-5H2,1H3,(H2,11,12,15). The molecular formula is C10H13N3O3S. The lowest BCUT2D eigenvalue weighted by Crippen LogP contribution is -2.25. The van der Waals surface area contributed by atoms with E-state index in [1.807, 2.05) is 0 Å². The molecule has 0 bridgehead atoms. The topological polar surface area (TPSA) is 86.0 Å². The van der Waals surface area contributed by atoms with E-state index in [1.54, 1.807) is 4.90 Å². The van der Waals surface area contributed by atoms with Crippen LogP contribution in [0.4, 0.5) is 5.82 Å². The molecule has 92 valence electrons. The van der Waals surface area contributed by atoms with E-state index < -0.39 is 0 Å². The van der Waals surface area contributed by atoms with Crippen LogP contribution < -0.4 is 10.5 Å². The first-order valence-corrected chi connectivity index (χ1v) is 6.26. The fourth-order valence-electron chi connectivity index (χ4n) is 1.83. The van der Waals surface area contributed by atoms with Crippen LogP contribution in [0.5, 0.6) is 0 Å². The summed E-state index contributed by atoms with van der Waals surface area (Å²) in [6.07, 6.45) is 0.424. The van der Waals surface area contributed by atoms with Gasteiger partial charge >= 0.3 is 0 Å². The number of hydrogen-bond donors (Lipinski definition) is 2. The van der Waals surface area contributed by atoms with Crippen molar-refractivity contribution in [2.45, 2.75) is 13.3 Å². The van der Waals surface area contributed by atoms with E-state index in [0.29, 0.717) is 24.5 Å². The summed E-state index contributed by atoms with van der Waals surface area (Å²) in [4.78, 5) is 35.1. The number of H-pyrrole nitrogens is 2. The Morgan fingerprint density at radius 3 is 2.88 bits per heavy atom. The molecule has 1 atom stereocenters. The quantitative estimate of drug-likeness (QED) is 0.815. The molecule has 1 amide bonds. The molecule has 1 aromatic heterocycles. The zero-order chi connectivity index (χ0) is 12.4. The van der Waals surface area contributed by atoms with Gasteiger partial charge in [0, 0.05) is 31.7 Å². The molecule has 17 heavy (non-hydrogen) atoms. The molecule has 0 aliphatic carbocycles. The van der Waals surface area contributed by atoms with Crippen molar-refractivity contribution in [1.82, 2.24) is 10.2 Å². The van der Waals surface area contributed by atoms with Gasteiger partial charge in [-0.15, -0.1) is 0 Å². The van der Waals surface area contributed by atoms with Crippen LogP contribution in [-0.2, 0) is 9.59 Å². The summed E-state index contributed by atoms with van der Waals surface area (Å²) < 4.78 is 0. The zero-order valence-electron chi connectivity index (χ0n) is 9.36. The van der Waals surface area contributed by atoms with Crippen molar-refractivity contribution in [3.63, 3.8) is 0 Å². The van der Waals surface area contributed by atoms with Gasteiger partial charge in [-0.3, -0.25) is 29.5 Å². The number of nitrogens with zero attached hydrogens (tertiary/aromatic N) is 1. The Morgan fingerprint density at radius 2 is 2.29 bits per heavy atom. The summed E-state index contributed by atoms with van der Waals surface area (Å²) in [7, 11) is 0. The summed E-state index contributed by atoms with van der Waals surface area (Å²) in [5.74, 6) is 1.28. The highest BCUT2D eigenvalue weighted by molar-refractivity contribution is 8.13. The molecule has 7 heteroatoms. The van der Waals surface area contributed by atoms with Gasteiger partial charge in [0.05, 0.1) is 0 Å². The minimum Gasteiger partial charge on any atom is -0.297 e. The van der Waals surface area contributed by atoms with E-state index in [0.717, 1.165) is 0 Å². The monoisotopic (exact) mass is 255 g/mol. The number of carbonyl (C=O) groups excluding carboxylic acids is 2. The van der Waals surface area contributed by atoms with Crippen molar-refractivity contribution >= 4 is 28.6 Å². The van der Waals surface area contributed by atoms with E-state index in [4.69, 9.17) is 0 Å². The predicted octanol–water partition coefficient (Wildman–Crippen LogP) is 0.336. The summed E-state index contributed by atoms with van der Waals surface area (Å²) in [6, 6.07) is 1.36. The molecule has 1 unspecified atom stereocenters. The fourth-order valence-corrected chi connectivity index (χ4v) is 2.52. The molecular weight excluding hydrogens is 242 g/mol. The molecule has 1 aliphatic rings. The molecule has 0 radical (unpaired) electrons. The molecule has 2 heterocycles. The van der Waals surface area contributed by atoms with E-state index in [9.17, 15) is 14.4 Å². The summed E-state index contributed by atoms with van der Waals surface area (Å²) in [5.41, 5.74) is -0.255. The van der Waals surface area contributed by atoms with Gasteiger partial charge in [0.2, 0.25) is 5.91 Å². The van der Waals surface area contributed by atoms with Crippen molar-refractivity contribution in [1.29, 1.82) is 0 Å². The second kappa shape index (κ2) is 4.79. The Bertz CT molecular complexity index is 493. The second-order valence-electron chi connectivity index (χ2n) is 4.02. The van der Waals surface area contributed by atoms with Crippen molar-refractivity contribution in [3.05, 3.63) is 16.4 Å². The molecule has 1 aromatic rings. The Kier molecular flexibility index (Phi) is 3.37. The third kappa shape index (κ3) is 2.79. The van der Waals surface area contributed by atoms with Gasteiger partial charge in [0.1, 0.15) is 5.82 Å². The summed E-state index contributed by atoms with van der Waals surface area (Å²) in [5, 5.41) is 5.12. The molecule has 0 spiro atoms. The van der Waals surface area contributed by atoms with Crippen LogP contribution in [0.2, 0.25) is 0 Å². The lowest BCUT2D eigenvalue weighted by Gasteiger charge is -2.13. The van der Waals surface area contributed by atoms with Gasteiger partial charge < -0.3 is 0 Å². The largest absolute Gasteiger partial charge is 0.297 e. The number of carbonyl (C=O) groups is 2. The van der Waals surface area contributed by atoms with E-state index in [1.165, 1.54) is 24.8 Å². The average Bonchev–Trinajstić information content (AvgIpc) is 2.82. The van der Waals surface area contributed by atoms with E-state index >= 15 is 0 Å². The fraction of sp³-hybridized carbons (Fsp3) is 0.500. The summed E-state index contributed by atoms with van der Waals surface area (Å²) >= 11 is 1.24. The number of nitrogens with one attached hydrogen (secondary N) is 2. The van der Waals surface area contributed by atoms with Crippen molar-refractivity contribution in [3.8, 4) is 0 Å². The van der Waals surface area contributed by atoms with Gasteiger partial charge in [-0.25, -0.2) is 0 Å². The maximum absolute atomic E-state index is 11.7. The van der Waals surface area contributed by atoms with E-state index in [2.05, 4.69) is 10.2 Å². The number of anilines is 1. The lowest BCUT2D eigenvalue weighted by atomic mass is 10.1. The third-order valence-electron chi connectivity index (χ3n) is 2.60.